The predicted molar refractivity (Wildman–Crippen MR) is 120 cm³/mol. The van der Waals surface area contributed by atoms with Crippen molar-refractivity contribution in [3.05, 3.63) is 59.2 Å². The molecule has 3 rings (SSSR count). The average molecular weight is 424 g/mol. The zero-order chi connectivity index (χ0) is 22.6. The molecule has 0 aliphatic carbocycles. The number of rotatable bonds is 6. The summed E-state index contributed by atoms with van der Waals surface area (Å²) >= 11 is 0. The largest absolute Gasteiger partial charge is 0.454 e. The molecule has 7 nitrogen and oxygen atoms in total. The second kappa shape index (κ2) is 9.20. The van der Waals surface area contributed by atoms with Crippen molar-refractivity contribution in [2.75, 3.05) is 6.79 Å². The number of benzene rings is 2. The fourth-order valence-electron chi connectivity index (χ4n) is 3.11. The molecule has 0 saturated heterocycles. The lowest BCUT2D eigenvalue weighted by atomic mass is 9.87. The molecule has 1 atom stereocenters. The van der Waals surface area contributed by atoms with E-state index in [-0.39, 0.29) is 29.9 Å². The summed E-state index contributed by atoms with van der Waals surface area (Å²) in [5, 5.41) is 6.83. The lowest BCUT2D eigenvalue weighted by Gasteiger charge is -2.20. The molecule has 0 radical (unpaired) electrons. The Bertz CT molecular complexity index is 975. The van der Waals surface area contributed by atoms with Gasteiger partial charge in [-0.15, -0.1) is 0 Å². The molecule has 2 aromatic rings. The normalized spacial score (nSPS) is 14.0. The highest BCUT2D eigenvalue weighted by Crippen LogP contribution is 2.32. The molecular weight excluding hydrogens is 394 g/mol. The Morgan fingerprint density at radius 3 is 2.35 bits per heavy atom. The van der Waals surface area contributed by atoms with Gasteiger partial charge in [-0.05, 0) is 40.7 Å². The Labute approximate surface area is 182 Å². The van der Waals surface area contributed by atoms with E-state index < -0.39 is 6.04 Å². The van der Waals surface area contributed by atoms with Crippen molar-refractivity contribution in [3.8, 4) is 11.5 Å². The number of carbonyl (C=O) groups excluding carboxylic acids is 2. The molecule has 1 heterocycles. The van der Waals surface area contributed by atoms with E-state index in [1.165, 1.54) is 5.56 Å². The van der Waals surface area contributed by atoms with Crippen molar-refractivity contribution >= 4 is 18.0 Å². The maximum absolute atomic E-state index is 12.6. The van der Waals surface area contributed by atoms with Crippen LogP contribution in [0, 0.1) is 5.92 Å². The molecule has 0 aromatic heterocycles. The van der Waals surface area contributed by atoms with Crippen LogP contribution in [0.4, 0.5) is 0 Å². The van der Waals surface area contributed by atoms with Crippen molar-refractivity contribution in [1.82, 2.24) is 10.7 Å². The summed E-state index contributed by atoms with van der Waals surface area (Å²) in [7, 11) is 0. The predicted octanol–water partition coefficient (Wildman–Crippen LogP) is 3.62. The van der Waals surface area contributed by atoms with Gasteiger partial charge in [0.25, 0.3) is 11.8 Å². The van der Waals surface area contributed by atoms with Crippen molar-refractivity contribution < 1.29 is 19.1 Å². The van der Waals surface area contributed by atoms with Gasteiger partial charge in [-0.1, -0.05) is 58.9 Å². The molecule has 1 aliphatic heterocycles. The highest BCUT2D eigenvalue weighted by atomic mass is 16.7. The first-order valence-electron chi connectivity index (χ1n) is 10.3. The SMILES string of the molecule is CC(C)C(NC(=O)c1ccc2c(c1)OCO2)C(=O)NN=Cc1ccc(C(C)(C)C)cc1. The van der Waals surface area contributed by atoms with Gasteiger partial charge < -0.3 is 14.8 Å². The van der Waals surface area contributed by atoms with Crippen LogP contribution >= 0.6 is 0 Å². The third-order valence-corrected chi connectivity index (χ3v) is 5.04. The third kappa shape index (κ3) is 5.63. The van der Waals surface area contributed by atoms with Crippen molar-refractivity contribution in [3.63, 3.8) is 0 Å². The quantitative estimate of drug-likeness (QED) is 0.549. The highest BCUT2D eigenvalue weighted by Gasteiger charge is 2.25. The van der Waals surface area contributed by atoms with E-state index in [0.717, 1.165) is 5.56 Å². The molecule has 0 saturated carbocycles. The molecule has 31 heavy (non-hydrogen) atoms. The van der Waals surface area contributed by atoms with Crippen LogP contribution < -0.4 is 20.2 Å². The van der Waals surface area contributed by atoms with Crippen LogP contribution in [0.25, 0.3) is 0 Å². The number of hydrogen-bond donors (Lipinski definition) is 2. The van der Waals surface area contributed by atoms with Gasteiger partial charge in [0.2, 0.25) is 6.79 Å². The second-order valence-corrected chi connectivity index (χ2v) is 8.87. The minimum absolute atomic E-state index is 0.0740. The Hall–Kier alpha value is -3.35. The Morgan fingerprint density at radius 2 is 1.71 bits per heavy atom. The van der Waals surface area contributed by atoms with E-state index in [9.17, 15) is 9.59 Å². The molecule has 2 aromatic carbocycles. The number of fused-ring (bicyclic) bond motifs is 1. The lowest BCUT2D eigenvalue weighted by molar-refractivity contribution is -0.123. The van der Waals surface area contributed by atoms with E-state index in [1.54, 1.807) is 24.4 Å². The van der Waals surface area contributed by atoms with Gasteiger partial charge in [0.15, 0.2) is 11.5 Å². The first-order chi connectivity index (χ1) is 14.6. The van der Waals surface area contributed by atoms with Crippen molar-refractivity contribution in [2.45, 2.75) is 46.1 Å². The smallest absolute Gasteiger partial charge is 0.262 e. The number of carbonyl (C=O) groups is 2. The molecule has 2 amide bonds. The van der Waals surface area contributed by atoms with Crippen LogP contribution in [-0.4, -0.2) is 30.9 Å². The van der Waals surface area contributed by atoms with Crippen LogP contribution in [0.15, 0.2) is 47.6 Å². The minimum Gasteiger partial charge on any atom is -0.454 e. The highest BCUT2D eigenvalue weighted by molar-refractivity contribution is 5.98. The van der Waals surface area contributed by atoms with Gasteiger partial charge in [0.1, 0.15) is 6.04 Å². The van der Waals surface area contributed by atoms with E-state index >= 15 is 0 Å². The van der Waals surface area contributed by atoms with Gasteiger partial charge in [0, 0.05) is 5.56 Å². The van der Waals surface area contributed by atoms with Gasteiger partial charge in [0.05, 0.1) is 6.21 Å². The minimum atomic E-state index is -0.738. The average Bonchev–Trinajstić information content (AvgIpc) is 3.19. The maximum Gasteiger partial charge on any atom is 0.262 e. The Kier molecular flexibility index (Phi) is 6.63. The Morgan fingerprint density at radius 1 is 1.03 bits per heavy atom. The zero-order valence-electron chi connectivity index (χ0n) is 18.6. The molecule has 1 unspecified atom stereocenters. The number of nitrogens with zero attached hydrogens (tertiary/aromatic N) is 1. The molecule has 164 valence electrons. The number of hydrazone groups is 1. The summed E-state index contributed by atoms with van der Waals surface area (Å²) < 4.78 is 10.6. The molecular formula is C24H29N3O4. The number of nitrogens with one attached hydrogen (secondary N) is 2. The van der Waals surface area contributed by atoms with Gasteiger partial charge in [-0.3, -0.25) is 9.59 Å². The van der Waals surface area contributed by atoms with E-state index in [4.69, 9.17) is 9.47 Å². The number of hydrogen-bond acceptors (Lipinski definition) is 5. The van der Waals surface area contributed by atoms with Crippen molar-refractivity contribution in [2.24, 2.45) is 11.0 Å². The fourth-order valence-corrected chi connectivity index (χ4v) is 3.11. The summed E-state index contributed by atoms with van der Waals surface area (Å²) in [6, 6.07) is 12.2. The standard InChI is InChI=1S/C24H29N3O4/c1-15(2)21(26-22(28)17-8-11-19-20(12-17)31-14-30-19)23(29)27-25-13-16-6-9-18(10-7-16)24(3,4)5/h6-13,15,21H,14H2,1-5H3,(H,26,28)(H,27,29). The van der Waals surface area contributed by atoms with Crippen LogP contribution in [-0.2, 0) is 10.2 Å². The first-order valence-corrected chi connectivity index (χ1v) is 10.3. The summed E-state index contributed by atoms with van der Waals surface area (Å²) in [5.41, 5.74) is 5.09. The summed E-state index contributed by atoms with van der Waals surface area (Å²) in [6.07, 6.45) is 1.58. The fraction of sp³-hybridized carbons (Fsp3) is 0.375. The van der Waals surface area contributed by atoms with E-state index in [0.29, 0.717) is 17.1 Å². The summed E-state index contributed by atoms with van der Waals surface area (Å²) in [5.74, 6) is 0.236. The maximum atomic E-state index is 12.6. The van der Waals surface area contributed by atoms with Crippen molar-refractivity contribution in [1.29, 1.82) is 0 Å². The van der Waals surface area contributed by atoms with Gasteiger partial charge >= 0.3 is 0 Å². The summed E-state index contributed by atoms with van der Waals surface area (Å²) in [6.45, 7) is 10.3. The second-order valence-electron chi connectivity index (χ2n) is 8.87. The lowest BCUT2D eigenvalue weighted by Crippen LogP contribution is -2.48. The number of ether oxygens (including phenoxy) is 2. The van der Waals surface area contributed by atoms with Crippen LogP contribution in [0.5, 0.6) is 11.5 Å². The molecule has 0 spiro atoms. The van der Waals surface area contributed by atoms with Gasteiger partial charge in [-0.25, -0.2) is 5.43 Å². The van der Waals surface area contributed by atoms with Gasteiger partial charge in [-0.2, -0.15) is 5.10 Å². The van der Waals surface area contributed by atoms with Crippen LogP contribution in [0.3, 0.4) is 0 Å². The monoisotopic (exact) mass is 423 g/mol. The number of amides is 2. The molecule has 1 aliphatic rings. The molecule has 2 N–H and O–H groups in total. The first kappa shape index (κ1) is 22.3. The topological polar surface area (TPSA) is 89.0 Å². The van der Waals surface area contributed by atoms with Crippen LogP contribution in [0.2, 0.25) is 0 Å². The zero-order valence-corrected chi connectivity index (χ0v) is 18.6. The van der Waals surface area contributed by atoms with E-state index in [2.05, 4.69) is 36.6 Å². The van der Waals surface area contributed by atoms with E-state index in [1.807, 2.05) is 38.1 Å². The molecule has 0 fully saturated rings. The molecule has 0 bridgehead atoms. The molecule has 7 heteroatoms. The Balaban J connectivity index is 1.61. The summed E-state index contributed by atoms with van der Waals surface area (Å²) in [4.78, 5) is 25.3. The third-order valence-electron chi connectivity index (χ3n) is 5.04. The van der Waals surface area contributed by atoms with Crippen LogP contribution in [0.1, 0.15) is 56.1 Å².